The first kappa shape index (κ1) is 17.4. The van der Waals surface area contributed by atoms with Gasteiger partial charge in [-0.25, -0.2) is 14.2 Å². The summed E-state index contributed by atoms with van der Waals surface area (Å²) in [6.07, 6.45) is 0. The minimum atomic E-state index is -0.504. The van der Waals surface area contributed by atoms with E-state index in [4.69, 9.17) is 4.74 Å². The number of nitrogens with zero attached hydrogens (tertiary/aromatic N) is 2. The molecule has 1 N–H and O–H groups in total. The summed E-state index contributed by atoms with van der Waals surface area (Å²) >= 11 is 1.33. The number of nitrogens with one attached hydrogen (secondary N) is 1. The standard InChI is InChI=1S/C20H16FN3O2S/c1-3-26-20(25)17-18(12-7-9-13(21)10-8-12)27-19(22-17)16-14-6-4-5-11(2)15(14)23-24-16/h4-10H,3H2,1-2H3,(H,23,24). The van der Waals surface area contributed by atoms with Crippen LogP contribution >= 0.6 is 11.3 Å². The topological polar surface area (TPSA) is 67.9 Å². The number of halogens is 1. The van der Waals surface area contributed by atoms with Crippen LogP contribution in [-0.4, -0.2) is 27.8 Å². The largest absolute Gasteiger partial charge is 0.461 e. The van der Waals surface area contributed by atoms with Gasteiger partial charge in [0.25, 0.3) is 0 Å². The summed E-state index contributed by atoms with van der Waals surface area (Å²) in [5, 5.41) is 8.98. The number of carbonyl (C=O) groups excluding carboxylic acids is 1. The molecule has 4 rings (SSSR count). The van der Waals surface area contributed by atoms with E-state index in [1.165, 1.54) is 23.5 Å². The maximum Gasteiger partial charge on any atom is 0.358 e. The lowest BCUT2D eigenvalue weighted by atomic mass is 10.1. The summed E-state index contributed by atoms with van der Waals surface area (Å²) in [5.74, 6) is -0.842. The summed E-state index contributed by atoms with van der Waals surface area (Å²) in [6.45, 7) is 3.99. The molecule has 27 heavy (non-hydrogen) atoms. The number of aromatic amines is 1. The van der Waals surface area contributed by atoms with Crippen LogP contribution in [-0.2, 0) is 4.74 Å². The smallest absolute Gasteiger partial charge is 0.358 e. The van der Waals surface area contributed by atoms with Gasteiger partial charge in [-0.2, -0.15) is 5.10 Å². The number of aromatic nitrogens is 3. The van der Waals surface area contributed by atoms with E-state index < -0.39 is 5.97 Å². The zero-order valence-electron chi connectivity index (χ0n) is 14.7. The molecule has 0 saturated heterocycles. The molecule has 0 aliphatic carbocycles. The molecule has 0 amide bonds. The Balaban J connectivity index is 1.89. The number of benzene rings is 2. The van der Waals surface area contributed by atoms with Gasteiger partial charge >= 0.3 is 5.97 Å². The zero-order valence-corrected chi connectivity index (χ0v) is 15.6. The van der Waals surface area contributed by atoms with Crippen LogP contribution in [0.3, 0.4) is 0 Å². The summed E-state index contributed by atoms with van der Waals surface area (Å²) in [7, 11) is 0. The molecular weight excluding hydrogens is 365 g/mol. The second-order valence-electron chi connectivity index (χ2n) is 5.99. The van der Waals surface area contributed by atoms with Crippen molar-refractivity contribution in [3.05, 3.63) is 59.5 Å². The minimum Gasteiger partial charge on any atom is -0.461 e. The molecule has 0 aliphatic rings. The normalized spacial score (nSPS) is 11.1. The molecule has 4 aromatic rings. The van der Waals surface area contributed by atoms with Crippen molar-refractivity contribution >= 4 is 28.2 Å². The van der Waals surface area contributed by atoms with Crippen LogP contribution in [0.15, 0.2) is 42.5 Å². The van der Waals surface area contributed by atoms with E-state index in [0.717, 1.165) is 16.5 Å². The van der Waals surface area contributed by atoms with Crippen LogP contribution in [0.25, 0.3) is 32.0 Å². The van der Waals surface area contributed by atoms with Crippen LogP contribution in [0, 0.1) is 12.7 Å². The molecule has 0 spiro atoms. The Bertz CT molecular complexity index is 1130. The number of ether oxygens (including phenoxy) is 1. The fourth-order valence-corrected chi connectivity index (χ4v) is 3.97. The van der Waals surface area contributed by atoms with Crippen molar-refractivity contribution in [2.75, 3.05) is 6.61 Å². The van der Waals surface area contributed by atoms with Crippen molar-refractivity contribution in [2.24, 2.45) is 0 Å². The van der Waals surface area contributed by atoms with Crippen molar-refractivity contribution in [1.29, 1.82) is 0 Å². The number of rotatable bonds is 4. The Kier molecular flexibility index (Phi) is 4.45. The number of hydrogen-bond acceptors (Lipinski definition) is 5. The third kappa shape index (κ3) is 3.10. The van der Waals surface area contributed by atoms with E-state index in [1.807, 2.05) is 25.1 Å². The minimum absolute atomic E-state index is 0.215. The Hall–Kier alpha value is -3.06. The SMILES string of the molecule is CCOC(=O)c1nc(-c2n[nH]c3c(C)cccc23)sc1-c1ccc(F)cc1. The van der Waals surface area contributed by atoms with Crippen molar-refractivity contribution in [3.8, 4) is 21.1 Å². The van der Waals surface area contributed by atoms with Crippen LogP contribution in [0.2, 0.25) is 0 Å². The number of fused-ring (bicyclic) bond motifs is 1. The molecule has 0 saturated carbocycles. The summed E-state index contributed by atoms with van der Waals surface area (Å²) < 4.78 is 18.5. The monoisotopic (exact) mass is 381 g/mol. The average molecular weight is 381 g/mol. The quantitative estimate of drug-likeness (QED) is 0.506. The molecule has 2 aromatic heterocycles. The first-order valence-electron chi connectivity index (χ1n) is 8.46. The number of esters is 1. The molecule has 0 aliphatic heterocycles. The molecule has 7 heteroatoms. The van der Waals surface area contributed by atoms with Crippen molar-refractivity contribution < 1.29 is 13.9 Å². The van der Waals surface area contributed by atoms with Gasteiger partial charge in [0.05, 0.1) is 17.0 Å². The van der Waals surface area contributed by atoms with Gasteiger partial charge in [-0.15, -0.1) is 11.3 Å². The van der Waals surface area contributed by atoms with Crippen LogP contribution in [0.4, 0.5) is 4.39 Å². The molecule has 0 fully saturated rings. The van der Waals surface area contributed by atoms with Gasteiger partial charge in [-0.3, -0.25) is 5.10 Å². The zero-order chi connectivity index (χ0) is 19.0. The molecule has 0 bridgehead atoms. The fourth-order valence-electron chi connectivity index (χ4n) is 2.90. The van der Waals surface area contributed by atoms with Gasteiger partial charge in [-0.1, -0.05) is 30.3 Å². The number of aryl methyl sites for hydroxylation is 1. The van der Waals surface area contributed by atoms with Gasteiger partial charge in [0, 0.05) is 5.39 Å². The highest BCUT2D eigenvalue weighted by molar-refractivity contribution is 7.18. The lowest BCUT2D eigenvalue weighted by Gasteiger charge is -2.02. The molecule has 2 aromatic carbocycles. The fraction of sp³-hybridized carbons (Fsp3) is 0.150. The lowest BCUT2D eigenvalue weighted by molar-refractivity contribution is 0.0521. The van der Waals surface area contributed by atoms with E-state index in [-0.39, 0.29) is 18.1 Å². The number of hydrogen-bond donors (Lipinski definition) is 1. The van der Waals surface area contributed by atoms with Crippen LogP contribution in [0.1, 0.15) is 23.0 Å². The molecule has 0 unspecified atom stereocenters. The Morgan fingerprint density at radius 1 is 1.22 bits per heavy atom. The lowest BCUT2D eigenvalue weighted by Crippen LogP contribution is -2.06. The molecule has 0 radical (unpaired) electrons. The van der Waals surface area contributed by atoms with Gasteiger partial charge < -0.3 is 4.74 Å². The van der Waals surface area contributed by atoms with Gasteiger partial charge in [0.15, 0.2) is 5.69 Å². The van der Waals surface area contributed by atoms with Gasteiger partial charge in [0.2, 0.25) is 0 Å². The maximum atomic E-state index is 13.3. The molecule has 5 nitrogen and oxygen atoms in total. The molecular formula is C20H16FN3O2S. The highest BCUT2D eigenvalue weighted by Crippen LogP contribution is 2.38. The predicted molar refractivity (Wildman–Crippen MR) is 103 cm³/mol. The van der Waals surface area contributed by atoms with Crippen molar-refractivity contribution in [1.82, 2.24) is 15.2 Å². The molecule has 0 atom stereocenters. The Morgan fingerprint density at radius 2 is 2.00 bits per heavy atom. The number of carbonyl (C=O) groups is 1. The van der Waals surface area contributed by atoms with Crippen LogP contribution in [0.5, 0.6) is 0 Å². The van der Waals surface area contributed by atoms with E-state index >= 15 is 0 Å². The predicted octanol–water partition coefficient (Wildman–Crippen LogP) is 4.98. The van der Waals surface area contributed by atoms with E-state index in [1.54, 1.807) is 19.1 Å². The number of H-pyrrole nitrogens is 1. The summed E-state index contributed by atoms with van der Waals surface area (Å²) in [5.41, 5.74) is 3.61. The first-order chi connectivity index (χ1) is 13.1. The van der Waals surface area contributed by atoms with Gasteiger partial charge in [0.1, 0.15) is 16.5 Å². The number of para-hydroxylation sites is 1. The highest BCUT2D eigenvalue weighted by atomic mass is 32.1. The Morgan fingerprint density at radius 3 is 2.74 bits per heavy atom. The molecule has 136 valence electrons. The van der Waals surface area contributed by atoms with Gasteiger partial charge in [-0.05, 0) is 37.1 Å². The first-order valence-corrected chi connectivity index (χ1v) is 9.28. The summed E-state index contributed by atoms with van der Waals surface area (Å²) in [6, 6.07) is 11.9. The van der Waals surface area contributed by atoms with Crippen LogP contribution < -0.4 is 0 Å². The third-order valence-corrected chi connectivity index (χ3v) is 5.32. The highest BCUT2D eigenvalue weighted by Gasteiger charge is 2.23. The molecule has 2 heterocycles. The maximum absolute atomic E-state index is 13.3. The van der Waals surface area contributed by atoms with Crippen molar-refractivity contribution in [2.45, 2.75) is 13.8 Å². The van der Waals surface area contributed by atoms with E-state index in [9.17, 15) is 9.18 Å². The van der Waals surface area contributed by atoms with E-state index in [0.29, 0.717) is 21.1 Å². The second-order valence-corrected chi connectivity index (χ2v) is 6.99. The van der Waals surface area contributed by atoms with Crippen molar-refractivity contribution in [3.63, 3.8) is 0 Å². The summed E-state index contributed by atoms with van der Waals surface area (Å²) in [4.78, 5) is 17.6. The average Bonchev–Trinajstić information content (AvgIpc) is 3.27. The van der Waals surface area contributed by atoms with E-state index in [2.05, 4.69) is 15.2 Å². The second kappa shape index (κ2) is 6.92. The third-order valence-electron chi connectivity index (χ3n) is 4.21. The Labute approximate surface area is 158 Å². The number of thiazole rings is 1.